The van der Waals surface area contributed by atoms with Crippen LogP contribution < -0.4 is 0 Å². The van der Waals surface area contributed by atoms with Gasteiger partial charge in [0.2, 0.25) is 5.91 Å². The summed E-state index contributed by atoms with van der Waals surface area (Å²) in [5, 5.41) is 0. The van der Waals surface area contributed by atoms with Crippen LogP contribution in [0.25, 0.3) is 17.1 Å². The first kappa shape index (κ1) is 15.8. The molecule has 0 aliphatic rings. The van der Waals surface area contributed by atoms with Crippen molar-refractivity contribution < 1.29 is 4.79 Å². The molecule has 0 aliphatic carbocycles. The Kier molecular flexibility index (Phi) is 4.91. The first-order chi connectivity index (χ1) is 11.7. The molecule has 0 radical (unpaired) electrons. The number of benzene rings is 1. The maximum atomic E-state index is 12.2. The van der Waals surface area contributed by atoms with Gasteiger partial charge in [-0.05, 0) is 30.3 Å². The lowest BCUT2D eigenvalue weighted by Gasteiger charge is -2.14. The molecule has 2 aromatic heterocycles. The molecule has 1 amide bonds. The van der Waals surface area contributed by atoms with Crippen molar-refractivity contribution in [1.82, 2.24) is 19.9 Å². The van der Waals surface area contributed by atoms with Crippen LogP contribution in [0, 0.1) is 0 Å². The molecule has 0 saturated carbocycles. The number of pyridine rings is 1. The summed E-state index contributed by atoms with van der Waals surface area (Å²) in [6, 6.07) is 13.4. The van der Waals surface area contributed by atoms with E-state index in [0.29, 0.717) is 12.2 Å². The lowest BCUT2D eigenvalue weighted by molar-refractivity contribution is -0.124. The molecular formula is C19H18N4O. The van der Waals surface area contributed by atoms with Crippen LogP contribution in [-0.2, 0) is 11.2 Å². The Hall–Kier alpha value is -3.08. The van der Waals surface area contributed by atoms with Gasteiger partial charge in [0.05, 0.1) is 22.9 Å². The summed E-state index contributed by atoms with van der Waals surface area (Å²) in [4.78, 5) is 26.9. The Labute approximate surface area is 140 Å². The van der Waals surface area contributed by atoms with Crippen LogP contribution in [-0.4, -0.2) is 39.4 Å². The number of nitrogens with zero attached hydrogens (tertiary/aromatic N) is 4. The number of hydrogen-bond acceptors (Lipinski definition) is 4. The average molecular weight is 318 g/mol. The van der Waals surface area contributed by atoms with E-state index >= 15 is 0 Å². The Morgan fingerprint density at radius 3 is 2.67 bits per heavy atom. The third-order valence-electron chi connectivity index (χ3n) is 3.67. The van der Waals surface area contributed by atoms with Gasteiger partial charge < -0.3 is 4.90 Å². The molecule has 0 aliphatic heterocycles. The first-order valence-corrected chi connectivity index (χ1v) is 7.77. The van der Waals surface area contributed by atoms with E-state index in [2.05, 4.69) is 15.0 Å². The van der Waals surface area contributed by atoms with Crippen LogP contribution in [0.5, 0.6) is 0 Å². The summed E-state index contributed by atoms with van der Waals surface area (Å²) in [6.45, 7) is 0.615. The van der Waals surface area contributed by atoms with Gasteiger partial charge in [-0.2, -0.15) is 0 Å². The minimum Gasteiger partial charge on any atom is -0.342 e. The zero-order chi connectivity index (χ0) is 16.8. The molecular weight excluding hydrogens is 300 g/mol. The van der Waals surface area contributed by atoms with E-state index in [1.54, 1.807) is 30.4 Å². The second-order valence-corrected chi connectivity index (χ2v) is 5.45. The molecule has 0 bridgehead atoms. The summed E-state index contributed by atoms with van der Waals surface area (Å²) in [5.41, 5.74) is 3.30. The highest BCUT2D eigenvalue weighted by Crippen LogP contribution is 2.09. The van der Waals surface area contributed by atoms with Crippen molar-refractivity contribution in [3.8, 4) is 0 Å². The highest BCUT2D eigenvalue weighted by molar-refractivity contribution is 5.91. The Morgan fingerprint density at radius 2 is 1.88 bits per heavy atom. The number of likely N-dealkylation sites (N-methyl/N-ethyl adjacent to an activating group) is 1. The van der Waals surface area contributed by atoms with Gasteiger partial charge in [-0.15, -0.1) is 0 Å². The van der Waals surface area contributed by atoms with E-state index in [1.165, 1.54) is 6.08 Å². The van der Waals surface area contributed by atoms with Gasteiger partial charge in [0.25, 0.3) is 0 Å². The fourth-order valence-electron chi connectivity index (χ4n) is 2.27. The van der Waals surface area contributed by atoms with Crippen LogP contribution >= 0.6 is 0 Å². The zero-order valence-electron chi connectivity index (χ0n) is 13.5. The van der Waals surface area contributed by atoms with Crippen molar-refractivity contribution in [3.63, 3.8) is 0 Å². The Morgan fingerprint density at radius 1 is 1.08 bits per heavy atom. The van der Waals surface area contributed by atoms with Crippen molar-refractivity contribution in [1.29, 1.82) is 0 Å². The maximum Gasteiger partial charge on any atom is 0.246 e. The van der Waals surface area contributed by atoms with E-state index in [9.17, 15) is 4.79 Å². The highest BCUT2D eigenvalue weighted by Gasteiger charge is 2.05. The lowest BCUT2D eigenvalue weighted by Crippen LogP contribution is -2.27. The van der Waals surface area contributed by atoms with E-state index in [1.807, 2.05) is 42.5 Å². The summed E-state index contributed by atoms with van der Waals surface area (Å²) in [5.74, 6) is -0.0686. The van der Waals surface area contributed by atoms with E-state index in [-0.39, 0.29) is 5.91 Å². The molecule has 0 fully saturated rings. The van der Waals surface area contributed by atoms with Gasteiger partial charge in [0, 0.05) is 38.0 Å². The zero-order valence-corrected chi connectivity index (χ0v) is 13.5. The Bertz CT molecular complexity index is 861. The molecule has 0 saturated heterocycles. The molecule has 0 spiro atoms. The van der Waals surface area contributed by atoms with Crippen LogP contribution in [0.1, 0.15) is 11.4 Å². The molecule has 24 heavy (non-hydrogen) atoms. The lowest BCUT2D eigenvalue weighted by atomic mass is 10.2. The van der Waals surface area contributed by atoms with E-state index in [4.69, 9.17) is 0 Å². The minimum atomic E-state index is -0.0686. The molecule has 1 aromatic carbocycles. The first-order valence-electron chi connectivity index (χ1n) is 7.77. The highest BCUT2D eigenvalue weighted by atomic mass is 16.2. The van der Waals surface area contributed by atoms with Crippen LogP contribution in [0.2, 0.25) is 0 Å². The Balaban J connectivity index is 1.61. The molecule has 3 aromatic rings. The summed E-state index contributed by atoms with van der Waals surface area (Å²) >= 11 is 0. The van der Waals surface area contributed by atoms with Gasteiger partial charge in [0.1, 0.15) is 0 Å². The summed E-state index contributed by atoms with van der Waals surface area (Å²) in [6.07, 6.45) is 7.37. The third kappa shape index (κ3) is 4.01. The van der Waals surface area contributed by atoms with Crippen molar-refractivity contribution >= 4 is 23.0 Å². The number of aromatic nitrogens is 3. The molecule has 5 nitrogen and oxygen atoms in total. The van der Waals surface area contributed by atoms with Gasteiger partial charge in [-0.1, -0.05) is 18.2 Å². The molecule has 2 heterocycles. The van der Waals surface area contributed by atoms with Gasteiger partial charge in [-0.3, -0.25) is 14.8 Å². The van der Waals surface area contributed by atoms with E-state index < -0.39 is 0 Å². The summed E-state index contributed by atoms with van der Waals surface area (Å²) < 4.78 is 0. The smallest absolute Gasteiger partial charge is 0.246 e. The quantitative estimate of drug-likeness (QED) is 0.679. The second kappa shape index (κ2) is 7.46. The topological polar surface area (TPSA) is 59.0 Å². The summed E-state index contributed by atoms with van der Waals surface area (Å²) in [7, 11) is 1.78. The fourth-order valence-corrected chi connectivity index (χ4v) is 2.27. The number of rotatable bonds is 5. The predicted molar refractivity (Wildman–Crippen MR) is 94.2 cm³/mol. The third-order valence-corrected chi connectivity index (χ3v) is 3.67. The van der Waals surface area contributed by atoms with Gasteiger partial charge >= 0.3 is 0 Å². The molecule has 120 valence electrons. The van der Waals surface area contributed by atoms with Crippen molar-refractivity contribution in [2.75, 3.05) is 13.6 Å². The van der Waals surface area contributed by atoms with Gasteiger partial charge in [-0.25, -0.2) is 4.98 Å². The number of hydrogen-bond donors (Lipinski definition) is 0. The van der Waals surface area contributed by atoms with Crippen molar-refractivity contribution in [3.05, 3.63) is 72.3 Å². The van der Waals surface area contributed by atoms with Crippen LogP contribution in [0.4, 0.5) is 0 Å². The molecule has 5 heteroatoms. The van der Waals surface area contributed by atoms with Crippen molar-refractivity contribution in [2.24, 2.45) is 0 Å². The number of fused-ring (bicyclic) bond motifs is 1. The average Bonchev–Trinajstić information content (AvgIpc) is 2.64. The largest absolute Gasteiger partial charge is 0.342 e. The van der Waals surface area contributed by atoms with E-state index in [0.717, 1.165) is 23.1 Å². The van der Waals surface area contributed by atoms with Crippen LogP contribution in [0.3, 0.4) is 0 Å². The number of amides is 1. The SMILES string of the molecule is CN(CCc1ccccn1)C(=O)/C=C/c1cnc2ccccc2n1. The second-order valence-electron chi connectivity index (χ2n) is 5.45. The van der Waals surface area contributed by atoms with Crippen LogP contribution in [0.15, 0.2) is 60.9 Å². The fraction of sp³-hybridized carbons (Fsp3) is 0.158. The standard InChI is InChI=1S/C19H18N4O/c1-23(13-11-15-6-4-5-12-20-15)19(24)10-9-16-14-21-17-7-2-3-8-18(17)22-16/h2-10,12,14H,11,13H2,1H3/b10-9+. The number of carbonyl (C=O) groups is 1. The predicted octanol–water partition coefficient (Wildman–Crippen LogP) is 2.74. The normalized spacial score (nSPS) is 11.0. The van der Waals surface area contributed by atoms with Gasteiger partial charge in [0.15, 0.2) is 0 Å². The van der Waals surface area contributed by atoms with Crippen molar-refractivity contribution in [2.45, 2.75) is 6.42 Å². The molecule has 0 N–H and O–H groups in total. The molecule has 0 unspecified atom stereocenters. The molecule has 3 rings (SSSR count). The molecule has 0 atom stereocenters. The maximum absolute atomic E-state index is 12.2. The number of para-hydroxylation sites is 2. The number of carbonyl (C=O) groups excluding carboxylic acids is 1. The monoisotopic (exact) mass is 318 g/mol. The minimum absolute atomic E-state index is 0.0686.